The van der Waals surface area contributed by atoms with E-state index in [9.17, 15) is 13.6 Å². The second-order valence-electron chi connectivity index (χ2n) is 3.28. The molecule has 0 fully saturated rings. The lowest BCUT2D eigenvalue weighted by molar-refractivity contribution is -0.0529. The van der Waals surface area contributed by atoms with Crippen molar-refractivity contribution in [1.29, 1.82) is 0 Å². The molecule has 0 aliphatic heterocycles. The van der Waals surface area contributed by atoms with E-state index in [4.69, 9.17) is 5.73 Å². The molecule has 0 saturated carbocycles. The Labute approximate surface area is 95.0 Å². The largest absolute Gasteiger partial charge is 0.416 e. The van der Waals surface area contributed by atoms with Crippen LogP contribution < -0.4 is 10.5 Å². The summed E-state index contributed by atoms with van der Waals surface area (Å²) in [4.78, 5) is 14.9. The van der Waals surface area contributed by atoms with Crippen molar-refractivity contribution in [3.63, 3.8) is 0 Å². The summed E-state index contributed by atoms with van der Waals surface area (Å²) in [5, 5.41) is 0.628. The highest BCUT2D eigenvalue weighted by atomic mass is 19.3. The van der Waals surface area contributed by atoms with Crippen LogP contribution in [0.4, 0.5) is 8.78 Å². The SMILES string of the molecule is NC(=O)c1cc2ccccc2nc1OC(F)F. The van der Waals surface area contributed by atoms with Crippen LogP contribution in [-0.2, 0) is 0 Å². The average Bonchev–Trinajstić information content (AvgIpc) is 2.27. The first-order chi connectivity index (χ1) is 8.08. The highest BCUT2D eigenvalue weighted by Gasteiger charge is 2.16. The lowest BCUT2D eigenvalue weighted by Crippen LogP contribution is -2.15. The van der Waals surface area contributed by atoms with Crippen LogP contribution in [0.15, 0.2) is 30.3 Å². The first kappa shape index (κ1) is 11.3. The Kier molecular flexibility index (Phi) is 2.86. The molecule has 0 aliphatic rings. The van der Waals surface area contributed by atoms with Gasteiger partial charge < -0.3 is 10.5 Å². The van der Waals surface area contributed by atoms with Gasteiger partial charge in [-0.25, -0.2) is 4.98 Å². The quantitative estimate of drug-likeness (QED) is 0.888. The van der Waals surface area contributed by atoms with Crippen LogP contribution in [0, 0.1) is 0 Å². The van der Waals surface area contributed by atoms with Gasteiger partial charge in [0.1, 0.15) is 5.56 Å². The zero-order valence-corrected chi connectivity index (χ0v) is 8.56. The Morgan fingerprint density at radius 3 is 2.71 bits per heavy atom. The van der Waals surface area contributed by atoms with E-state index in [1.54, 1.807) is 24.3 Å². The number of halogens is 2. The molecule has 0 unspecified atom stereocenters. The fourth-order valence-electron chi connectivity index (χ4n) is 1.45. The number of para-hydroxylation sites is 1. The molecule has 1 aromatic carbocycles. The van der Waals surface area contributed by atoms with Gasteiger partial charge in [-0.05, 0) is 12.1 Å². The van der Waals surface area contributed by atoms with Gasteiger partial charge in [0, 0.05) is 5.39 Å². The molecule has 0 bridgehead atoms. The summed E-state index contributed by atoms with van der Waals surface area (Å²) in [5.74, 6) is -1.31. The van der Waals surface area contributed by atoms with E-state index in [1.807, 2.05) is 0 Å². The Hall–Kier alpha value is -2.24. The van der Waals surface area contributed by atoms with Gasteiger partial charge in [0.2, 0.25) is 5.88 Å². The molecular weight excluding hydrogens is 230 g/mol. The van der Waals surface area contributed by atoms with Crippen molar-refractivity contribution in [2.45, 2.75) is 6.61 Å². The van der Waals surface area contributed by atoms with Crippen LogP contribution in [0.3, 0.4) is 0 Å². The molecule has 1 aromatic heterocycles. The molecule has 2 N–H and O–H groups in total. The van der Waals surface area contributed by atoms with Crippen molar-refractivity contribution in [2.75, 3.05) is 0 Å². The van der Waals surface area contributed by atoms with Gasteiger partial charge in [-0.2, -0.15) is 8.78 Å². The summed E-state index contributed by atoms with van der Waals surface area (Å²) in [7, 11) is 0. The number of amides is 1. The number of hydrogen-bond acceptors (Lipinski definition) is 3. The van der Waals surface area contributed by atoms with E-state index in [-0.39, 0.29) is 5.56 Å². The number of carbonyl (C=O) groups excluding carboxylic acids is 1. The maximum Gasteiger partial charge on any atom is 0.388 e. The van der Waals surface area contributed by atoms with Crippen molar-refractivity contribution < 1.29 is 18.3 Å². The van der Waals surface area contributed by atoms with Gasteiger partial charge in [0.05, 0.1) is 5.52 Å². The summed E-state index contributed by atoms with van der Waals surface area (Å²) in [5.41, 5.74) is 5.37. The number of rotatable bonds is 3. The fraction of sp³-hybridized carbons (Fsp3) is 0.0909. The molecule has 88 valence electrons. The van der Waals surface area contributed by atoms with Gasteiger partial charge in [0.25, 0.3) is 5.91 Å². The van der Waals surface area contributed by atoms with E-state index >= 15 is 0 Å². The number of nitrogens with zero attached hydrogens (tertiary/aromatic N) is 1. The van der Waals surface area contributed by atoms with E-state index in [2.05, 4.69) is 9.72 Å². The predicted octanol–water partition coefficient (Wildman–Crippen LogP) is 1.94. The van der Waals surface area contributed by atoms with Crippen molar-refractivity contribution in [3.05, 3.63) is 35.9 Å². The second-order valence-corrected chi connectivity index (χ2v) is 3.28. The lowest BCUT2D eigenvalue weighted by Gasteiger charge is -2.08. The normalized spacial score (nSPS) is 10.8. The van der Waals surface area contributed by atoms with E-state index in [1.165, 1.54) is 6.07 Å². The smallest absolute Gasteiger partial charge is 0.388 e. The molecule has 2 aromatic rings. The van der Waals surface area contributed by atoms with E-state index in [0.717, 1.165) is 0 Å². The van der Waals surface area contributed by atoms with Crippen LogP contribution in [0.5, 0.6) is 5.88 Å². The number of ether oxygens (including phenoxy) is 1. The summed E-state index contributed by atoms with van der Waals surface area (Å²) in [6, 6.07) is 8.13. The van der Waals surface area contributed by atoms with Crippen molar-refractivity contribution >= 4 is 16.8 Å². The van der Waals surface area contributed by atoms with Crippen LogP contribution in [0.1, 0.15) is 10.4 Å². The third kappa shape index (κ3) is 2.30. The number of fused-ring (bicyclic) bond motifs is 1. The van der Waals surface area contributed by atoms with E-state index in [0.29, 0.717) is 10.9 Å². The van der Waals surface area contributed by atoms with E-state index < -0.39 is 18.4 Å². The van der Waals surface area contributed by atoms with Crippen molar-refractivity contribution in [1.82, 2.24) is 4.98 Å². The van der Waals surface area contributed by atoms with Gasteiger partial charge >= 0.3 is 6.61 Å². The number of hydrogen-bond donors (Lipinski definition) is 1. The van der Waals surface area contributed by atoms with Crippen LogP contribution in [-0.4, -0.2) is 17.5 Å². The third-order valence-electron chi connectivity index (χ3n) is 2.16. The molecule has 6 heteroatoms. The first-order valence-corrected chi connectivity index (χ1v) is 4.72. The minimum Gasteiger partial charge on any atom is -0.416 e. The number of benzene rings is 1. The molecule has 0 radical (unpaired) electrons. The highest BCUT2D eigenvalue weighted by Crippen LogP contribution is 2.23. The number of alkyl halides is 2. The molecule has 17 heavy (non-hydrogen) atoms. The van der Waals surface area contributed by atoms with Crippen LogP contribution in [0.25, 0.3) is 10.9 Å². The van der Waals surface area contributed by atoms with Gasteiger partial charge in [-0.1, -0.05) is 18.2 Å². The maximum atomic E-state index is 12.1. The molecule has 2 rings (SSSR count). The van der Waals surface area contributed by atoms with Crippen LogP contribution >= 0.6 is 0 Å². The van der Waals surface area contributed by atoms with Gasteiger partial charge in [-0.15, -0.1) is 0 Å². The summed E-state index contributed by atoms with van der Waals surface area (Å²) in [6.45, 7) is -3.05. The summed E-state index contributed by atoms with van der Waals surface area (Å²) < 4.78 is 28.5. The van der Waals surface area contributed by atoms with Crippen molar-refractivity contribution in [3.8, 4) is 5.88 Å². The third-order valence-corrected chi connectivity index (χ3v) is 2.16. The molecule has 4 nitrogen and oxygen atoms in total. The minimum atomic E-state index is -3.05. The summed E-state index contributed by atoms with van der Waals surface area (Å²) in [6.07, 6.45) is 0. The summed E-state index contributed by atoms with van der Waals surface area (Å²) >= 11 is 0. The molecular formula is C11H8F2N2O2. The molecule has 0 spiro atoms. The Morgan fingerprint density at radius 1 is 1.35 bits per heavy atom. The topological polar surface area (TPSA) is 65.2 Å². The molecule has 0 saturated heterocycles. The molecule has 0 atom stereocenters. The lowest BCUT2D eigenvalue weighted by atomic mass is 10.1. The Morgan fingerprint density at radius 2 is 2.06 bits per heavy atom. The zero-order valence-electron chi connectivity index (χ0n) is 8.56. The molecule has 1 heterocycles. The van der Waals surface area contributed by atoms with Gasteiger partial charge in [0.15, 0.2) is 0 Å². The number of nitrogens with two attached hydrogens (primary N) is 1. The fourth-order valence-corrected chi connectivity index (χ4v) is 1.45. The van der Waals surface area contributed by atoms with Gasteiger partial charge in [-0.3, -0.25) is 4.79 Å². The monoisotopic (exact) mass is 238 g/mol. The minimum absolute atomic E-state index is 0.163. The maximum absolute atomic E-state index is 12.1. The number of aromatic nitrogens is 1. The predicted molar refractivity (Wildman–Crippen MR) is 56.9 cm³/mol. The molecule has 0 aliphatic carbocycles. The Balaban J connectivity index is 2.62. The van der Waals surface area contributed by atoms with Crippen molar-refractivity contribution in [2.24, 2.45) is 5.73 Å². The standard InChI is InChI=1S/C11H8F2N2O2/c12-11(13)17-10-7(9(14)16)5-6-3-1-2-4-8(6)15-10/h1-5,11H,(H2,14,16). The highest BCUT2D eigenvalue weighted by molar-refractivity contribution is 5.98. The number of primary amides is 1. The van der Waals surface area contributed by atoms with Crippen LogP contribution in [0.2, 0.25) is 0 Å². The molecule has 1 amide bonds. The first-order valence-electron chi connectivity index (χ1n) is 4.72. The second kappa shape index (κ2) is 4.32. The Bertz CT molecular complexity index is 572. The number of pyridine rings is 1. The zero-order chi connectivity index (χ0) is 12.4. The average molecular weight is 238 g/mol. The number of carbonyl (C=O) groups is 1.